The van der Waals surface area contributed by atoms with Crippen LogP contribution in [0.3, 0.4) is 0 Å². The molecule has 0 aromatic carbocycles. The van der Waals surface area contributed by atoms with Crippen LogP contribution >= 0.6 is 0 Å². The normalized spacial score (nSPS) is 12.9. The van der Waals surface area contributed by atoms with E-state index in [-0.39, 0.29) is 17.7 Å². The Morgan fingerprint density at radius 2 is 1.65 bits per heavy atom. The van der Waals surface area contributed by atoms with Gasteiger partial charge in [0.2, 0.25) is 17.7 Å². The quantitative estimate of drug-likeness (QED) is 0.340. The first-order valence-electron chi connectivity index (χ1n) is 7.51. The van der Waals surface area contributed by atoms with Gasteiger partial charge in [0.1, 0.15) is 12.1 Å². The van der Waals surface area contributed by atoms with Crippen LogP contribution in [0.1, 0.15) is 33.6 Å². The average molecular weight is 329 g/mol. The summed E-state index contributed by atoms with van der Waals surface area (Å²) in [6.07, 6.45) is 0.796. The predicted molar refractivity (Wildman–Crippen MR) is 85.3 cm³/mol. The Bertz CT molecular complexity index is 439. The molecule has 9 nitrogen and oxygen atoms in total. The molecule has 0 aliphatic heterocycles. The van der Waals surface area contributed by atoms with Gasteiger partial charge in [0.05, 0.1) is 0 Å². The molecule has 9 heteroatoms. The van der Waals surface area contributed by atoms with E-state index < -0.39 is 24.0 Å². The molecule has 0 rings (SSSR count). The molecular weight excluding hydrogens is 302 g/mol. The molecule has 6 N–H and O–H groups in total. The lowest BCUT2D eigenvalue weighted by molar-refractivity contribution is -0.132. The van der Waals surface area contributed by atoms with E-state index in [1.54, 1.807) is 13.8 Å². The van der Waals surface area contributed by atoms with E-state index >= 15 is 0 Å². The van der Waals surface area contributed by atoms with Crippen molar-refractivity contribution < 1.29 is 19.2 Å². The van der Waals surface area contributed by atoms with E-state index in [0.29, 0.717) is 19.4 Å². The maximum atomic E-state index is 12.3. The Morgan fingerprint density at radius 1 is 1.04 bits per heavy atom. The zero-order valence-corrected chi connectivity index (χ0v) is 14.1. The van der Waals surface area contributed by atoms with Crippen LogP contribution in [0.15, 0.2) is 0 Å². The van der Waals surface area contributed by atoms with Crippen LogP contribution in [0.25, 0.3) is 0 Å². The summed E-state index contributed by atoms with van der Waals surface area (Å²) >= 11 is 0. The summed E-state index contributed by atoms with van der Waals surface area (Å²) in [6, 6.07) is -2.11. The van der Waals surface area contributed by atoms with E-state index in [0.717, 1.165) is 0 Å². The highest BCUT2D eigenvalue weighted by Gasteiger charge is 2.27. The summed E-state index contributed by atoms with van der Waals surface area (Å²) in [5.41, 5.74) is 4.96. The highest BCUT2D eigenvalue weighted by atomic mass is 16.2. The zero-order valence-electron chi connectivity index (χ0n) is 14.1. The second-order valence-electron chi connectivity index (χ2n) is 5.53. The van der Waals surface area contributed by atoms with Crippen LogP contribution in [0.4, 0.5) is 4.79 Å². The predicted octanol–water partition coefficient (Wildman–Crippen LogP) is -1.17. The minimum Gasteiger partial charge on any atom is -0.357 e. The molecule has 23 heavy (non-hydrogen) atoms. The molecule has 0 spiro atoms. The van der Waals surface area contributed by atoms with Gasteiger partial charge in [-0.15, -0.1) is 0 Å². The maximum Gasteiger partial charge on any atom is 0.312 e. The molecule has 0 aliphatic rings. The summed E-state index contributed by atoms with van der Waals surface area (Å²) in [7, 11) is 1.47. The van der Waals surface area contributed by atoms with Crippen molar-refractivity contribution in [1.82, 2.24) is 21.3 Å². The molecule has 2 atom stereocenters. The molecule has 0 aliphatic carbocycles. The first-order valence-corrected chi connectivity index (χ1v) is 7.51. The number of nitrogens with two attached hydrogens (primary N) is 1. The summed E-state index contributed by atoms with van der Waals surface area (Å²) in [5, 5.41) is 10.1. The second kappa shape index (κ2) is 10.4. The van der Waals surface area contributed by atoms with Gasteiger partial charge in [-0.25, -0.2) is 4.79 Å². The van der Waals surface area contributed by atoms with E-state index in [2.05, 4.69) is 21.3 Å². The number of carbonyl (C=O) groups is 4. The smallest absolute Gasteiger partial charge is 0.312 e. The number of nitrogens with one attached hydrogen (secondary N) is 4. The largest absolute Gasteiger partial charge is 0.357 e. The van der Waals surface area contributed by atoms with E-state index in [1.165, 1.54) is 14.0 Å². The van der Waals surface area contributed by atoms with Crippen molar-refractivity contribution in [3.63, 3.8) is 0 Å². The summed E-state index contributed by atoms with van der Waals surface area (Å²) in [6.45, 7) is 5.23. The Morgan fingerprint density at radius 3 is 2.09 bits per heavy atom. The summed E-state index contributed by atoms with van der Waals surface area (Å²) < 4.78 is 0. The van der Waals surface area contributed by atoms with Crippen molar-refractivity contribution in [3.05, 3.63) is 0 Å². The third-order valence-electron chi connectivity index (χ3n) is 3.16. The molecule has 2 unspecified atom stereocenters. The van der Waals surface area contributed by atoms with E-state index in [4.69, 9.17) is 5.73 Å². The topological polar surface area (TPSA) is 142 Å². The van der Waals surface area contributed by atoms with Gasteiger partial charge in [0.15, 0.2) is 0 Å². The molecule has 0 aromatic rings. The number of hydrogen-bond acceptors (Lipinski definition) is 4. The monoisotopic (exact) mass is 329 g/mol. The van der Waals surface area contributed by atoms with Gasteiger partial charge in [-0.3, -0.25) is 14.4 Å². The molecule has 0 fully saturated rings. The molecule has 0 heterocycles. The van der Waals surface area contributed by atoms with E-state index in [9.17, 15) is 19.2 Å². The fourth-order valence-electron chi connectivity index (χ4n) is 1.98. The molecular formula is C14H27N5O4. The fraction of sp³-hybridized carbons (Fsp3) is 0.714. The van der Waals surface area contributed by atoms with Crippen LogP contribution in [0, 0.1) is 5.92 Å². The Balaban J connectivity index is 4.72. The Hall–Kier alpha value is -2.32. The van der Waals surface area contributed by atoms with Gasteiger partial charge in [-0.2, -0.15) is 0 Å². The van der Waals surface area contributed by atoms with Gasteiger partial charge in [0, 0.05) is 20.5 Å². The van der Waals surface area contributed by atoms with Crippen LogP contribution < -0.4 is 27.0 Å². The van der Waals surface area contributed by atoms with Gasteiger partial charge >= 0.3 is 6.03 Å². The highest BCUT2D eigenvalue weighted by molar-refractivity contribution is 5.91. The third-order valence-corrected chi connectivity index (χ3v) is 3.16. The van der Waals surface area contributed by atoms with Crippen molar-refractivity contribution in [3.8, 4) is 0 Å². The number of primary amides is 1. The van der Waals surface area contributed by atoms with Gasteiger partial charge in [-0.05, 0) is 18.8 Å². The minimum atomic E-state index is -0.753. The molecule has 0 bridgehead atoms. The Kier molecular flexibility index (Phi) is 9.36. The van der Waals surface area contributed by atoms with Crippen molar-refractivity contribution in [2.75, 3.05) is 13.6 Å². The van der Waals surface area contributed by atoms with Gasteiger partial charge in [-0.1, -0.05) is 13.8 Å². The number of likely N-dealkylation sites (N-methyl/N-ethyl adjacent to an activating group) is 1. The summed E-state index contributed by atoms with van der Waals surface area (Å²) in [4.78, 5) is 46.0. The van der Waals surface area contributed by atoms with Crippen LogP contribution in [0.5, 0.6) is 0 Å². The van der Waals surface area contributed by atoms with Crippen molar-refractivity contribution >= 4 is 23.8 Å². The number of amides is 5. The highest BCUT2D eigenvalue weighted by Crippen LogP contribution is 2.04. The third kappa shape index (κ3) is 8.64. The number of rotatable bonds is 9. The van der Waals surface area contributed by atoms with Crippen molar-refractivity contribution in [1.29, 1.82) is 0 Å². The van der Waals surface area contributed by atoms with E-state index in [1.807, 2.05) is 0 Å². The first-order chi connectivity index (χ1) is 10.7. The molecule has 132 valence electrons. The standard InChI is InChI=1S/C14H27N5O4/c1-8(2)11(18-9(3)20)13(22)19-10(12(21)16-4)6-5-7-17-14(15)23/h8,10-11H,5-7H2,1-4H3,(H,16,21)(H,18,20)(H,19,22)(H3,15,17,23). The van der Waals surface area contributed by atoms with Crippen molar-refractivity contribution in [2.45, 2.75) is 45.7 Å². The minimum absolute atomic E-state index is 0.124. The van der Waals surface area contributed by atoms with Crippen LogP contribution in [-0.4, -0.2) is 49.4 Å². The fourth-order valence-corrected chi connectivity index (χ4v) is 1.98. The number of urea groups is 1. The maximum absolute atomic E-state index is 12.3. The lowest BCUT2D eigenvalue weighted by Crippen LogP contribution is -2.54. The molecule has 5 amide bonds. The lowest BCUT2D eigenvalue weighted by atomic mass is 10.0. The lowest BCUT2D eigenvalue weighted by Gasteiger charge is -2.24. The zero-order chi connectivity index (χ0) is 18.0. The molecule has 0 saturated carbocycles. The molecule has 0 radical (unpaired) electrons. The average Bonchev–Trinajstić information content (AvgIpc) is 2.46. The number of hydrogen-bond donors (Lipinski definition) is 5. The molecule has 0 saturated heterocycles. The summed E-state index contributed by atoms with van der Waals surface area (Å²) in [5.74, 6) is -1.21. The van der Waals surface area contributed by atoms with Gasteiger partial charge in [0.25, 0.3) is 0 Å². The van der Waals surface area contributed by atoms with Crippen LogP contribution in [0.2, 0.25) is 0 Å². The van der Waals surface area contributed by atoms with Crippen molar-refractivity contribution in [2.24, 2.45) is 11.7 Å². The van der Waals surface area contributed by atoms with Gasteiger partial charge < -0.3 is 27.0 Å². The van der Waals surface area contributed by atoms with Crippen LogP contribution in [-0.2, 0) is 14.4 Å². The number of carbonyl (C=O) groups excluding carboxylic acids is 4. The first kappa shape index (κ1) is 20.7. The SMILES string of the molecule is CNC(=O)C(CCCNC(N)=O)NC(=O)C(NC(C)=O)C(C)C. The second-order valence-corrected chi connectivity index (χ2v) is 5.53. The molecule has 0 aromatic heterocycles. The Labute approximate surface area is 136 Å².